The van der Waals surface area contributed by atoms with Gasteiger partial charge in [-0.05, 0) is 37.5 Å². The van der Waals surface area contributed by atoms with Gasteiger partial charge in [-0.25, -0.2) is 4.39 Å². The fraction of sp³-hybridized carbons (Fsp3) is 0.348. The molecule has 0 radical (unpaired) electrons. The summed E-state index contributed by atoms with van der Waals surface area (Å²) in [6, 6.07) is 13.8. The zero-order valence-electron chi connectivity index (χ0n) is 17.1. The van der Waals surface area contributed by atoms with Crippen molar-refractivity contribution in [1.29, 1.82) is 5.41 Å². The summed E-state index contributed by atoms with van der Waals surface area (Å²) < 4.78 is 14.7. The highest BCUT2D eigenvalue weighted by Crippen LogP contribution is 2.45. The first-order valence-corrected chi connectivity index (χ1v) is 9.59. The van der Waals surface area contributed by atoms with E-state index in [0.29, 0.717) is 23.1 Å². The maximum Gasteiger partial charge on any atom is 0.238 e. The average molecular weight is 395 g/mol. The lowest BCUT2D eigenvalue weighted by Crippen LogP contribution is -2.58. The van der Waals surface area contributed by atoms with Crippen LogP contribution in [0.15, 0.2) is 54.4 Å². The van der Waals surface area contributed by atoms with E-state index in [1.807, 2.05) is 6.92 Å². The molecule has 2 aromatic carbocycles. The third-order valence-electron chi connectivity index (χ3n) is 5.96. The minimum absolute atomic E-state index is 0.0492. The number of hydrogen-bond acceptors (Lipinski definition) is 4. The van der Waals surface area contributed by atoms with Gasteiger partial charge in [0.05, 0.1) is 11.5 Å². The largest absolute Gasteiger partial charge is 0.508 e. The number of carbonyl (C=O) groups is 1. The van der Waals surface area contributed by atoms with E-state index in [4.69, 9.17) is 5.41 Å². The second kappa shape index (κ2) is 7.37. The molecule has 1 aliphatic rings. The van der Waals surface area contributed by atoms with Crippen molar-refractivity contribution in [2.45, 2.75) is 44.3 Å². The van der Waals surface area contributed by atoms with E-state index in [1.165, 1.54) is 11.8 Å². The maximum atomic E-state index is 14.7. The number of hydrogen-bond donors (Lipinski definition) is 3. The van der Waals surface area contributed by atoms with Crippen molar-refractivity contribution in [3.05, 3.63) is 71.0 Å². The molecule has 1 fully saturated rings. The van der Waals surface area contributed by atoms with Gasteiger partial charge in [0, 0.05) is 18.5 Å². The number of nitrogens with one attached hydrogen (secondary N) is 2. The Morgan fingerprint density at radius 2 is 1.90 bits per heavy atom. The van der Waals surface area contributed by atoms with Crippen LogP contribution < -0.4 is 5.32 Å². The number of rotatable bonds is 4. The molecule has 1 saturated heterocycles. The van der Waals surface area contributed by atoms with E-state index < -0.39 is 17.1 Å². The summed E-state index contributed by atoms with van der Waals surface area (Å²) in [5.74, 6) is 1.60. The number of aromatic hydroxyl groups is 1. The first kappa shape index (κ1) is 20.6. The third-order valence-corrected chi connectivity index (χ3v) is 5.96. The van der Waals surface area contributed by atoms with E-state index in [0.717, 1.165) is 0 Å². The van der Waals surface area contributed by atoms with Crippen molar-refractivity contribution in [2.75, 3.05) is 7.05 Å². The van der Waals surface area contributed by atoms with Crippen LogP contribution in [0.1, 0.15) is 49.8 Å². The highest BCUT2D eigenvalue weighted by molar-refractivity contribution is 5.90. The minimum atomic E-state index is -1.44. The number of phenols is 1. The lowest BCUT2D eigenvalue weighted by Gasteiger charge is -2.46. The lowest BCUT2D eigenvalue weighted by atomic mass is 9.73. The first-order valence-electron chi connectivity index (χ1n) is 9.59. The second-order valence-corrected chi connectivity index (χ2v) is 7.82. The van der Waals surface area contributed by atoms with Crippen molar-refractivity contribution in [3.63, 3.8) is 0 Å². The molecule has 2 aromatic rings. The SMILES string of the molecule is CCC(C)(F)c1ccc([C@H]2C(=O)N(C)C(=C=N)N[C@]2(C)c2ccccc2O)cc1. The van der Waals surface area contributed by atoms with Gasteiger partial charge < -0.3 is 10.4 Å². The summed E-state index contributed by atoms with van der Waals surface area (Å²) in [7, 11) is 1.58. The predicted octanol–water partition coefficient (Wildman–Crippen LogP) is 4.14. The average Bonchev–Trinajstić information content (AvgIpc) is 2.71. The lowest BCUT2D eigenvalue weighted by molar-refractivity contribution is -0.134. The Morgan fingerprint density at radius 1 is 1.28 bits per heavy atom. The number of phenolic OH excluding ortho intramolecular Hbond substituents is 1. The normalized spacial score (nSPS) is 23.9. The van der Waals surface area contributed by atoms with Crippen molar-refractivity contribution >= 4 is 11.8 Å². The van der Waals surface area contributed by atoms with Gasteiger partial charge in [-0.15, -0.1) is 0 Å². The molecule has 0 aliphatic carbocycles. The van der Waals surface area contributed by atoms with Gasteiger partial charge in [0.1, 0.15) is 11.4 Å². The van der Waals surface area contributed by atoms with E-state index in [-0.39, 0.29) is 17.5 Å². The molecule has 1 unspecified atom stereocenters. The molecule has 29 heavy (non-hydrogen) atoms. The number of carbonyl (C=O) groups excluding carboxylic acids is 1. The molecule has 3 rings (SSSR count). The molecular formula is C23H26FN3O2. The van der Waals surface area contributed by atoms with Crippen LogP contribution in [0, 0.1) is 5.41 Å². The maximum absolute atomic E-state index is 14.7. The summed E-state index contributed by atoms with van der Waals surface area (Å²) in [6.07, 6.45) is 0.349. The number of para-hydroxylation sites is 1. The molecule has 6 heteroatoms. The van der Waals surface area contributed by atoms with Crippen LogP contribution in [0.4, 0.5) is 4.39 Å². The van der Waals surface area contributed by atoms with Gasteiger partial charge in [-0.1, -0.05) is 49.4 Å². The zero-order valence-corrected chi connectivity index (χ0v) is 17.1. The molecular weight excluding hydrogens is 369 g/mol. The van der Waals surface area contributed by atoms with Gasteiger partial charge >= 0.3 is 0 Å². The summed E-state index contributed by atoms with van der Waals surface area (Å²) in [4.78, 5) is 14.7. The highest BCUT2D eigenvalue weighted by Gasteiger charge is 2.49. The summed E-state index contributed by atoms with van der Waals surface area (Å²) >= 11 is 0. The van der Waals surface area contributed by atoms with Crippen molar-refractivity contribution in [3.8, 4) is 5.75 Å². The molecule has 152 valence electrons. The van der Waals surface area contributed by atoms with Crippen molar-refractivity contribution in [1.82, 2.24) is 10.2 Å². The predicted molar refractivity (Wildman–Crippen MR) is 111 cm³/mol. The third kappa shape index (κ3) is 3.40. The standard InChI is InChI=1S/C23H26FN3O2/c1-5-22(2,24)16-12-10-15(11-13-16)20-21(29)27(4)19(14-25)26-23(20,3)17-8-6-7-9-18(17)28/h6-13,20,25-26,28H,5H2,1-4H3/t20-,22?,23+/m0/s1. The first-order chi connectivity index (χ1) is 13.7. The number of alkyl halides is 1. The van der Waals surface area contributed by atoms with Gasteiger partial charge in [0.2, 0.25) is 5.91 Å². The Kier molecular flexibility index (Phi) is 5.24. The number of likely N-dealkylation sites (N-methyl/N-ethyl adjacent to an activating group) is 1. The van der Waals surface area contributed by atoms with E-state index >= 15 is 0 Å². The molecule has 0 aromatic heterocycles. The second-order valence-electron chi connectivity index (χ2n) is 7.82. The van der Waals surface area contributed by atoms with Crippen LogP contribution in [0.25, 0.3) is 0 Å². The van der Waals surface area contributed by atoms with E-state index in [9.17, 15) is 14.3 Å². The molecule has 3 atom stereocenters. The van der Waals surface area contributed by atoms with Crippen LogP contribution in [-0.2, 0) is 16.0 Å². The Bertz CT molecular complexity index is 980. The number of benzene rings is 2. The van der Waals surface area contributed by atoms with Gasteiger partial charge in [-0.3, -0.25) is 15.1 Å². The fourth-order valence-corrected chi connectivity index (χ4v) is 3.91. The molecule has 1 aliphatic heterocycles. The van der Waals surface area contributed by atoms with Crippen LogP contribution in [0.3, 0.4) is 0 Å². The highest BCUT2D eigenvalue weighted by atomic mass is 19.1. The Labute approximate surface area is 170 Å². The molecule has 1 amide bonds. The Balaban J connectivity index is 2.16. The van der Waals surface area contributed by atoms with Crippen LogP contribution in [0.5, 0.6) is 5.75 Å². The number of halogens is 1. The number of nitrogens with zero attached hydrogens (tertiary/aromatic N) is 1. The number of amides is 1. The molecule has 0 spiro atoms. The van der Waals surface area contributed by atoms with Crippen molar-refractivity contribution < 1.29 is 14.3 Å². The van der Waals surface area contributed by atoms with Crippen molar-refractivity contribution in [2.24, 2.45) is 0 Å². The summed E-state index contributed by atoms with van der Waals surface area (Å²) in [5, 5.41) is 21.3. The van der Waals surface area contributed by atoms with Gasteiger partial charge in [0.15, 0.2) is 5.82 Å². The smallest absolute Gasteiger partial charge is 0.238 e. The molecule has 0 bridgehead atoms. The molecule has 1 heterocycles. The molecule has 0 saturated carbocycles. The topological polar surface area (TPSA) is 76.4 Å². The van der Waals surface area contributed by atoms with E-state index in [2.05, 4.69) is 11.2 Å². The fourth-order valence-electron chi connectivity index (χ4n) is 3.91. The Hall–Kier alpha value is -3.11. The molecule has 5 nitrogen and oxygen atoms in total. The zero-order chi connectivity index (χ0) is 21.4. The molecule has 3 N–H and O–H groups in total. The van der Waals surface area contributed by atoms with Crippen LogP contribution in [-0.4, -0.2) is 28.8 Å². The van der Waals surface area contributed by atoms with Gasteiger partial charge in [0.25, 0.3) is 0 Å². The quantitative estimate of drug-likeness (QED) is 0.681. The Morgan fingerprint density at radius 3 is 2.45 bits per heavy atom. The summed E-state index contributed by atoms with van der Waals surface area (Å²) in [5.41, 5.74) is -0.685. The van der Waals surface area contributed by atoms with Gasteiger partial charge in [-0.2, -0.15) is 0 Å². The summed E-state index contributed by atoms with van der Waals surface area (Å²) in [6.45, 7) is 5.14. The minimum Gasteiger partial charge on any atom is -0.508 e. The van der Waals surface area contributed by atoms with Crippen LogP contribution >= 0.6 is 0 Å². The van der Waals surface area contributed by atoms with E-state index in [1.54, 1.807) is 62.5 Å². The monoisotopic (exact) mass is 395 g/mol. The van der Waals surface area contributed by atoms with Crippen LogP contribution in [0.2, 0.25) is 0 Å².